The maximum Gasteiger partial charge on any atom is 0.100 e. The molecule has 0 fully saturated rings. The highest BCUT2D eigenvalue weighted by Gasteiger charge is 1.97. The Labute approximate surface area is 146 Å². The molecule has 22 heavy (non-hydrogen) atoms. The monoisotopic (exact) mass is 351 g/mol. The average molecular weight is 352 g/mol. The van der Waals surface area contributed by atoms with Crippen molar-refractivity contribution in [3.05, 3.63) is 52.3 Å². The van der Waals surface area contributed by atoms with Gasteiger partial charge in [-0.3, -0.25) is 10.6 Å². The van der Waals surface area contributed by atoms with E-state index in [1.54, 1.807) is 11.8 Å². The van der Waals surface area contributed by atoms with Crippen molar-refractivity contribution in [2.45, 2.75) is 31.6 Å². The maximum atomic E-state index is 5.49. The van der Waals surface area contributed by atoms with E-state index in [0.29, 0.717) is 11.4 Å². The largest absolute Gasteiger partial charge is 0.274 e. The second-order valence-electron chi connectivity index (χ2n) is 4.77. The van der Waals surface area contributed by atoms with E-state index in [2.05, 4.69) is 22.5 Å². The fourth-order valence-corrected chi connectivity index (χ4v) is 2.57. The summed E-state index contributed by atoms with van der Waals surface area (Å²) in [5, 5.41) is 11.7. The van der Waals surface area contributed by atoms with Crippen molar-refractivity contribution in [1.29, 1.82) is 0 Å². The van der Waals surface area contributed by atoms with Crippen molar-refractivity contribution in [2.75, 3.05) is 0 Å². The van der Waals surface area contributed by atoms with Crippen LogP contribution in [0.1, 0.15) is 25.8 Å². The van der Waals surface area contributed by atoms with E-state index in [1.807, 2.05) is 44.3 Å². The molecule has 0 spiro atoms. The lowest BCUT2D eigenvalue weighted by atomic mass is 10.2. The third kappa shape index (κ3) is 8.38. The van der Waals surface area contributed by atoms with Crippen LogP contribution >= 0.6 is 35.9 Å². The zero-order valence-corrected chi connectivity index (χ0v) is 15.3. The lowest BCUT2D eigenvalue weighted by Crippen LogP contribution is -2.15. The quantitative estimate of drug-likeness (QED) is 0.309. The third-order valence-corrected chi connectivity index (χ3v) is 4.27. The number of hydrogen-bond donors (Lipinski definition) is 2. The minimum absolute atomic E-state index is 0.704. The molecule has 0 aromatic heterocycles. The molecule has 1 rings (SSSR count). The summed E-state index contributed by atoms with van der Waals surface area (Å²) >= 11 is 8.12. The fourth-order valence-electron chi connectivity index (χ4n) is 1.51. The van der Waals surface area contributed by atoms with Crippen molar-refractivity contribution in [2.24, 2.45) is 10.2 Å². The highest BCUT2D eigenvalue weighted by molar-refractivity contribution is 8.05. The predicted molar refractivity (Wildman–Crippen MR) is 105 cm³/mol. The minimum Gasteiger partial charge on any atom is -0.274 e. The van der Waals surface area contributed by atoms with Crippen LogP contribution in [-0.2, 0) is 6.42 Å². The first-order chi connectivity index (χ1) is 10.5. The summed E-state index contributed by atoms with van der Waals surface area (Å²) in [6, 6.07) is 8.08. The van der Waals surface area contributed by atoms with E-state index in [4.69, 9.17) is 17.4 Å². The highest BCUT2D eigenvalue weighted by atomic mass is 32.2. The highest BCUT2D eigenvalue weighted by Crippen LogP contribution is 2.17. The number of benzene rings is 1. The molecule has 0 heterocycles. The Kier molecular flexibility index (Phi) is 9.15. The van der Waals surface area contributed by atoms with E-state index in [9.17, 15) is 0 Å². The van der Waals surface area contributed by atoms with Crippen molar-refractivity contribution in [3.63, 3.8) is 0 Å². The van der Waals surface area contributed by atoms with Gasteiger partial charge >= 0.3 is 0 Å². The van der Waals surface area contributed by atoms with Crippen LogP contribution in [0.5, 0.6) is 0 Å². The lowest BCUT2D eigenvalue weighted by molar-refractivity contribution is 1.01. The molecule has 0 bridgehead atoms. The van der Waals surface area contributed by atoms with Gasteiger partial charge in [-0.2, -0.15) is 5.10 Å². The predicted octanol–water partition coefficient (Wildman–Crippen LogP) is 4.66. The molecule has 0 unspecified atom stereocenters. The Bertz CT molecular complexity index is 563. The first-order valence-corrected chi connectivity index (χ1v) is 8.92. The zero-order valence-electron chi connectivity index (χ0n) is 12.8. The molecule has 0 aliphatic carbocycles. The van der Waals surface area contributed by atoms with Crippen LogP contribution in [0.2, 0.25) is 0 Å². The van der Waals surface area contributed by atoms with Gasteiger partial charge in [-0.1, -0.05) is 36.5 Å². The van der Waals surface area contributed by atoms with Gasteiger partial charge in [0, 0.05) is 24.0 Å². The Morgan fingerprint density at radius 3 is 2.64 bits per heavy atom. The molecule has 0 atom stereocenters. The average Bonchev–Trinajstić information content (AvgIpc) is 2.50. The summed E-state index contributed by atoms with van der Waals surface area (Å²) in [5.74, 6) is 0. The number of allylic oxidation sites excluding steroid dienone is 1. The summed E-state index contributed by atoms with van der Waals surface area (Å²) in [6.07, 6.45) is 3.28. The van der Waals surface area contributed by atoms with Crippen LogP contribution in [0.25, 0.3) is 0 Å². The number of hydrogen-bond acceptors (Lipinski definition) is 5. The number of nitrogens with zero attached hydrogens (tertiary/aromatic N) is 1. The van der Waals surface area contributed by atoms with Crippen molar-refractivity contribution in [3.8, 4) is 0 Å². The first kappa shape index (κ1) is 19.0. The van der Waals surface area contributed by atoms with Crippen LogP contribution in [-0.4, -0.2) is 11.2 Å². The summed E-state index contributed by atoms with van der Waals surface area (Å²) < 4.78 is 0. The molecule has 3 N–H and O–H groups in total. The zero-order chi connectivity index (χ0) is 16.4. The number of hydrazone groups is 1. The molecule has 118 valence electrons. The van der Waals surface area contributed by atoms with E-state index >= 15 is 0 Å². The first-order valence-electron chi connectivity index (χ1n) is 6.75. The van der Waals surface area contributed by atoms with E-state index in [0.717, 1.165) is 16.2 Å². The van der Waals surface area contributed by atoms with Crippen molar-refractivity contribution >= 4 is 47.1 Å². The molecule has 0 saturated heterocycles. The molecule has 0 aliphatic rings. The summed E-state index contributed by atoms with van der Waals surface area (Å²) in [7, 11) is 0. The molecule has 0 saturated carbocycles. The van der Waals surface area contributed by atoms with Gasteiger partial charge in [-0.25, -0.2) is 0 Å². The summed E-state index contributed by atoms with van der Waals surface area (Å²) in [4.78, 5) is 2.83. The van der Waals surface area contributed by atoms with E-state index in [-0.39, 0.29) is 0 Å². The van der Waals surface area contributed by atoms with Crippen LogP contribution in [0, 0.1) is 0 Å². The molecular formula is C16H21N3S3. The molecule has 3 nitrogen and oxygen atoms in total. The summed E-state index contributed by atoms with van der Waals surface area (Å²) in [5.41, 5.74) is 5.27. The van der Waals surface area contributed by atoms with Crippen LogP contribution < -0.4 is 10.6 Å². The Hall–Kier alpha value is -1.08. The Morgan fingerprint density at radius 2 is 2.05 bits per heavy atom. The molecule has 0 aliphatic heterocycles. The SMILES string of the molecule is C=C(C)S/C=C(\C)CC(=S)N/N=C/Cc1ccc(SN)cc1. The van der Waals surface area contributed by atoms with Gasteiger partial charge in [0.25, 0.3) is 0 Å². The molecule has 6 heteroatoms. The van der Waals surface area contributed by atoms with Gasteiger partial charge in [0.05, 0.1) is 0 Å². The van der Waals surface area contributed by atoms with Gasteiger partial charge in [0.15, 0.2) is 0 Å². The van der Waals surface area contributed by atoms with Gasteiger partial charge in [-0.15, -0.1) is 11.8 Å². The second kappa shape index (κ2) is 10.6. The minimum atomic E-state index is 0.704. The van der Waals surface area contributed by atoms with Gasteiger partial charge < -0.3 is 0 Å². The molecule has 0 radical (unpaired) electrons. The standard InChI is InChI=1S/C16H21N3S3/c1-12(2)21-11-13(3)10-16(20)19-18-9-8-14-4-6-15(22-17)7-5-14/h4-7,9,11H,1,8,10,17H2,2-3H3,(H,19,20)/b13-11+,18-9+. The van der Waals surface area contributed by atoms with Crippen LogP contribution in [0.15, 0.2) is 56.7 Å². The number of nitrogens with one attached hydrogen (secondary N) is 1. The normalized spacial score (nSPS) is 11.7. The van der Waals surface area contributed by atoms with Crippen molar-refractivity contribution < 1.29 is 0 Å². The molecule has 1 aromatic carbocycles. The van der Waals surface area contributed by atoms with Gasteiger partial charge in [-0.05, 0) is 53.8 Å². The smallest absolute Gasteiger partial charge is 0.100 e. The maximum absolute atomic E-state index is 5.49. The van der Waals surface area contributed by atoms with Gasteiger partial charge in [0.1, 0.15) is 4.99 Å². The summed E-state index contributed by atoms with van der Waals surface area (Å²) in [6.45, 7) is 7.87. The van der Waals surface area contributed by atoms with Crippen molar-refractivity contribution in [1.82, 2.24) is 5.43 Å². The van der Waals surface area contributed by atoms with Crippen LogP contribution in [0.3, 0.4) is 0 Å². The molecular weight excluding hydrogens is 330 g/mol. The topological polar surface area (TPSA) is 50.4 Å². The fraction of sp³-hybridized carbons (Fsp3) is 0.250. The second-order valence-corrected chi connectivity index (χ2v) is 7.14. The van der Waals surface area contributed by atoms with E-state index in [1.165, 1.54) is 23.1 Å². The van der Waals surface area contributed by atoms with E-state index < -0.39 is 0 Å². The molecule has 1 aromatic rings. The van der Waals surface area contributed by atoms with Crippen LogP contribution in [0.4, 0.5) is 0 Å². The molecule has 0 amide bonds. The number of thiocarbonyl (C=S) groups is 1. The number of thioether (sulfide) groups is 1. The number of rotatable bonds is 8. The Morgan fingerprint density at radius 1 is 1.36 bits per heavy atom. The third-order valence-electron chi connectivity index (χ3n) is 2.57. The van der Waals surface area contributed by atoms with Gasteiger partial charge in [0.2, 0.25) is 0 Å². The number of nitrogens with two attached hydrogens (primary N) is 1. The lowest BCUT2D eigenvalue weighted by Gasteiger charge is -2.03. The Balaban J connectivity index is 2.33.